The van der Waals surface area contributed by atoms with Crippen LogP contribution >= 0.6 is 0 Å². The predicted octanol–water partition coefficient (Wildman–Crippen LogP) is 1.85. The van der Waals surface area contributed by atoms with E-state index in [2.05, 4.69) is 0 Å². The van der Waals surface area contributed by atoms with Gasteiger partial charge in [0.15, 0.2) is 5.78 Å². The van der Waals surface area contributed by atoms with E-state index >= 15 is 0 Å². The number of carbonyl (C=O) groups is 1. The van der Waals surface area contributed by atoms with Crippen molar-refractivity contribution in [2.75, 3.05) is 7.11 Å². The molecule has 1 fully saturated rings. The van der Waals surface area contributed by atoms with E-state index in [0.717, 1.165) is 0 Å². The summed E-state index contributed by atoms with van der Waals surface area (Å²) in [4.78, 5) is 13.0. The highest BCUT2D eigenvalue weighted by Gasteiger charge is 2.66. The number of ketones is 1. The molecule has 6 heteroatoms. The van der Waals surface area contributed by atoms with E-state index in [1.165, 1.54) is 13.2 Å². The zero-order valence-corrected chi connectivity index (χ0v) is 13.6. The van der Waals surface area contributed by atoms with Crippen molar-refractivity contribution in [3.63, 3.8) is 0 Å². The lowest BCUT2D eigenvalue weighted by Gasteiger charge is -2.29. The van der Waals surface area contributed by atoms with Crippen LogP contribution in [0.5, 0.6) is 11.5 Å². The van der Waals surface area contributed by atoms with Gasteiger partial charge in [0.05, 0.1) is 7.11 Å². The summed E-state index contributed by atoms with van der Waals surface area (Å²) in [6.45, 7) is 1.71. The largest absolute Gasteiger partial charge is 0.507 e. The normalized spacial score (nSPS) is 31.0. The third-order valence-corrected chi connectivity index (χ3v) is 5.66. The van der Waals surface area contributed by atoms with Crippen LogP contribution in [0.2, 0.25) is 0 Å². The molecule has 0 spiro atoms. The van der Waals surface area contributed by atoms with Gasteiger partial charge in [0.25, 0.3) is 0 Å². The topological polar surface area (TPSA) is 99.5 Å². The minimum Gasteiger partial charge on any atom is -0.507 e. The number of hydrogen-bond donors (Lipinski definition) is 3. The first-order valence-electron chi connectivity index (χ1n) is 8.06. The Hall–Kier alpha value is -2.41. The number of ether oxygens (including phenoxy) is 2. The molecule has 0 unspecified atom stereocenters. The van der Waals surface area contributed by atoms with Crippen LogP contribution in [-0.4, -0.2) is 39.9 Å². The van der Waals surface area contributed by atoms with E-state index in [4.69, 9.17) is 9.47 Å². The summed E-state index contributed by atoms with van der Waals surface area (Å²) in [5, 5.41) is 32.0. The van der Waals surface area contributed by atoms with Crippen molar-refractivity contribution in [2.45, 2.75) is 30.8 Å². The van der Waals surface area contributed by atoms with Crippen molar-refractivity contribution in [2.24, 2.45) is 0 Å². The molecule has 2 aliphatic carbocycles. The summed E-state index contributed by atoms with van der Waals surface area (Å²) in [5.74, 6) is 0.0454. The quantitative estimate of drug-likeness (QED) is 0.585. The van der Waals surface area contributed by atoms with Gasteiger partial charge in [0.2, 0.25) is 0 Å². The molecule has 1 aliphatic heterocycles. The zero-order valence-electron chi connectivity index (χ0n) is 13.6. The van der Waals surface area contributed by atoms with Gasteiger partial charge in [-0.3, -0.25) is 4.79 Å². The van der Waals surface area contributed by atoms with Gasteiger partial charge in [-0.1, -0.05) is 12.1 Å². The minimum atomic E-state index is -1.04. The molecule has 1 saturated heterocycles. The van der Waals surface area contributed by atoms with Crippen molar-refractivity contribution >= 4 is 5.78 Å². The number of carbonyl (C=O) groups excluding carboxylic acids is 1. The molecule has 128 valence electrons. The van der Waals surface area contributed by atoms with E-state index in [9.17, 15) is 20.1 Å². The number of hydrogen-bond acceptors (Lipinski definition) is 6. The monoisotopic (exact) mass is 340 g/mol. The van der Waals surface area contributed by atoms with Crippen molar-refractivity contribution in [3.8, 4) is 22.6 Å². The Morgan fingerprint density at radius 3 is 2.68 bits per heavy atom. The van der Waals surface area contributed by atoms with Crippen molar-refractivity contribution in [1.29, 1.82) is 0 Å². The molecular weight excluding hydrogens is 324 g/mol. The van der Waals surface area contributed by atoms with Crippen molar-refractivity contribution < 1.29 is 29.6 Å². The van der Waals surface area contributed by atoms with Crippen LogP contribution < -0.4 is 4.74 Å². The van der Waals surface area contributed by atoms with Gasteiger partial charge < -0.3 is 24.8 Å². The summed E-state index contributed by atoms with van der Waals surface area (Å²) in [6, 6.07) is 6.50. The molecule has 2 aromatic rings. The van der Waals surface area contributed by atoms with E-state index < -0.39 is 23.9 Å². The molecule has 0 aromatic heterocycles. The third kappa shape index (κ3) is 1.57. The van der Waals surface area contributed by atoms with Crippen LogP contribution in [0.4, 0.5) is 0 Å². The smallest absolute Gasteiger partial charge is 0.194 e. The SMILES string of the molecule is COc1cccc2c1-c1c(O)cc3c(c1C2=O)[C@@H](O)[C@@H]1O[C@]1(C)[C@@H]3O. The van der Waals surface area contributed by atoms with Crippen molar-refractivity contribution in [3.05, 3.63) is 46.5 Å². The van der Waals surface area contributed by atoms with E-state index in [1.807, 2.05) is 0 Å². The second-order valence-corrected chi connectivity index (χ2v) is 6.93. The molecule has 0 amide bonds. The molecule has 0 radical (unpaired) electrons. The Morgan fingerprint density at radius 2 is 1.96 bits per heavy atom. The standard InChI is InChI=1S/C19H16O6/c1-19-17(23)8-6-9(20)13-11-7(4-3-5-10(11)24-2)15(21)14(13)12(8)16(22)18(19)25-19/h3-6,16-18,20,22-23H,1-2H3/t16-,17-,18+,19-/m1/s1. The molecule has 5 rings (SSSR count). The maximum Gasteiger partial charge on any atom is 0.194 e. The van der Waals surface area contributed by atoms with Gasteiger partial charge in [0, 0.05) is 27.8 Å². The van der Waals surface area contributed by atoms with Gasteiger partial charge in [-0.25, -0.2) is 0 Å². The maximum absolute atomic E-state index is 13.0. The zero-order chi connectivity index (χ0) is 17.7. The average Bonchev–Trinajstić information content (AvgIpc) is 3.22. The molecule has 6 nitrogen and oxygen atoms in total. The molecule has 0 saturated carbocycles. The van der Waals surface area contributed by atoms with Gasteiger partial charge in [-0.15, -0.1) is 0 Å². The highest BCUT2D eigenvalue weighted by Crippen LogP contribution is 2.61. The van der Waals surface area contributed by atoms with Crippen LogP contribution in [0.25, 0.3) is 11.1 Å². The Bertz CT molecular complexity index is 965. The predicted molar refractivity (Wildman–Crippen MR) is 86.7 cm³/mol. The van der Waals surface area contributed by atoms with E-state index in [-0.39, 0.29) is 17.1 Å². The summed E-state index contributed by atoms with van der Waals surface area (Å²) in [7, 11) is 1.50. The van der Waals surface area contributed by atoms with Crippen LogP contribution in [0.1, 0.15) is 46.2 Å². The van der Waals surface area contributed by atoms with Crippen LogP contribution in [0.3, 0.4) is 0 Å². The number of aliphatic hydroxyl groups is 2. The third-order valence-electron chi connectivity index (χ3n) is 5.66. The molecule has 1 heterocycles. The fraction of sp³-hybridized carbons (Fsp3) is 0.316. The number of benzene rings is 2. The maximum atomic E-state index is 13.0. The molecule has 2 aromatic carbocycles. The molecule has 3 aliphatic rings. The number of aromatic hydroxyl groups is 1. The molecular formula is C19H16O6. The number of methoxy groups -OCH3 is 1. The summed E-state index contributed by atoms with van der Waals surface area (Å²) >= 11 is 0. The molecule has 4 atom stereocenters. The van der Waals surface area contributed by atoms with Gasteiger partial charge in [0.1, 0.15) is 35.4 Å². The van der Waals surface area contributed by atoms with Crippen LogP contribution in [-0.2, 0) is 4.74 Å². The van der Waals surface area contributed by atoms with Gasteiger partial charge in [-0.05, 0) is 24.6 Å². The number of phenols is 1. The summed E-state index contributed by atoms with van der Waals surface area (Å²) in [6.07, 6.45) is -2.63. The fourth-order valence-corrected chi connectivity index (χ4v) is 4.32. The van der Waals surface area contributed by atoms with Gasteiger partial charge >= 0.3 is 0 Å². The molecule has 0 bridgehead atoms. The summed E-state index contributed by atoms with van der Waals surface area (Å²) < 4.78 is 10.9. The highest BCUT2D eigenvalue weighted by atomic mass is 16.6. The van der Waals surface area contributed by atoms with Crippen molar-refractivity contribution in [1.82, 2.24) is 0 Å². The lowest BCUT2D eigenvalue weighted by atomic mass is 9.77. The second-order valence-electron chi connectivity index (χ2n) is 6.93. The first kappa shape index (κ1) is 14.9. The van der Waals surface area contributed by atoms with E-state index in [0.29, 0.717) is 33.6 Å². The fourth-order valence-electron chi connectivity index (χ4n) is 4.32. The number of aliphatic hydroxyl groups excluding tert-OH is 2. The van der Waals surface area contributed by atoms with Crippen LogP contribution in [0.15, 0.2) is 24.3 Å². The Kier molecular flexibility index (Phi) is 2.62. The Labute approximate surface area is 143 Å². The highest BCUT2D eigenvalue weighted by molar-refractivity contribution is 6.24. The average molecular weight is 340 g/mol. The summed E-state index contributed by atoms with van der Waals surface area (Å²) in [5.41, 5.74) is 1.26. The molecule has 3 N–H and O–H groups in total. The van der Waals surface area contributed by atoms with E-state index in [1.54, 1.807) is 25.1 Å². The Morgan fingerprint density at radius 1 is 1.20 bits per heavy atom. The minimum absolute atomic E-state index is 0.126. The number of epoxide rings is 1. The first-order chi connectivity index (χ1) is 11.9. The number of fused-ring (bicyclic) bond motifs is 6. The lowest BCUT2D eigenvalue weighted by molar-refractivity contribution is 0.0765. The second kappa shape index (κ2) is 4.40. The Balaban J connectivity index is 1.86. The lowest BCUT2D eigenvalue weighted by Crippen LogP contribution is -2.32. The first-order valence-corrected chi connectivity index (χ1v) is 8.06. The van der Waals surface area contributed by atoms with Gasteiger partial charge in [-0.2, -0.15) is 0 Å². The molecule has 25 heavy (non-hydrogen) atoms. The number of phenolic OH excluding ortho intramolecular Hbond substituents is 1. The number of rotatable bonds is 1. The van der Waals surface area contributed by atoms with Crippen LogP contribution in [0, 0.1) is 0 Å².